The van der Waals surface area contributed by atoms with Crippen molar-refractivity contribution in [1.29, 1.82) is 0 Å². The van der Waals surface area contributed by atoms with Crippen LogP contribution in [0.4, 0.5) is 13.2 Å². The van der Waals surface area contributed by atoms with E-state index >= 15 is 0 Å². The molecule has 0 amide bonds. The van der Waals surface area contributed by atoms with Gasteiger partial charge < -0.3 is 4.98 Å². The normalized spacial score (nSPS) is 11.6. The Hall–Kier alpha value is -1.45. The molecule has 1 nitrogen and oxygen atoms in total. The van der Waals surface area contributed by atoms with Crippen molar-refractivity contribution in [3.63, 3.8) is 0 Å². The third kappa shape index (κ3) is 4.09. The molecule has 1 aromatic carbocycles. The fourth-order valence-electron chi connectivity index (χ4n) is 1.39. The molecule has 0 spiro atoms. The number of halogens is 3. The molecule has 4 heteroatoms. The van der Waals surface area contributed by atoms with Crippen molar-refractivity contribution in [3.8, 4) is 0 Å². The Morgan fingerprint density at radius 1 is 1.06 bits per heavy atom. The molecule has 0 saturated carbocycles. The second-order valence-electron chi connectivity index (χ2n) is 5.00. The van der Waals surface area contributed by atoms with Gasteiger partial charge in [-0.1, -0.05) is 32.9 Å². The summed E-state index contributed by atoms with van der Waals surface area (Å²) in [6, 6.07) is 6.28. The van der Waals surface area contributed by atoms with E-state index in [4.69, 9.17) is 0 Å². The summed E-state index contributed by atoms with van der Waals surface area (Å²) in [6.07, 6.45) is -4.30. The molecule has 1 aromatic heterocycles. The highest BCUT2D eigenvalue weighted by atomic mass is 19.4. The fraction of sp³-hybridized carbons (Fsp3) is 0.429. The number of alkyl halides is 3. The standard InChI is InChI=1S/C10H8F3N.C4H10/c1-6-2-3-7-5-9(10(11,12)13)14-8(7)4-6;1-4(2)3/h2-5,14H,1H3;4H,1-3H3. The molecule has 0 radical (unpaired) electrons. The average Bonchev–Trinajstić information content (AvgIpc) is 2.58. The van der Waals surface area contributed by atoms with E-state index in [2.05, 4.69) is 25.8 Å². The van der Waals surface area contributed by atoms with Gasteiger partial charge in [0.25, 0.3) is 0 Å². The lowest BCUT2D eigenvalue weighted by molar-refractivity contribution is -0.140. The molecule has 1 N–H and O–H groups in total. The van der Waals surface area contributed by atoms with Crippen molar-refractivity contribution in [2.75, 3.05) is 0 Å². The summed E-state index contributed by atoms with van der Waals surface area (Å²) in [7, 11) is 0. The third-order valence-corrected chi connectivity index (χ3v) is 2.08. The van der Waals surface area contributed by atoms with Crippen LogP contribution in [0.1, 0.15) is 32.0 Å². The summed E-state index contributed by atoms with van der Waals surface area (Å²) < 4.78 is 36.9. The minimum Gasteiger partial charge on any atom is -0.351 e. The molecule has 0 aliphatic carbocycles. The number of aromatic amines is 1. The number of aryl methyl sites for hydroxylation is 1. The second kappa shape index (κ2) is 5.46. The van der Waals surface area contributed by atoms with Gasteiger partial charge in [0.1, 0.15) is 5.69 Å². The van der Waals surface area contributed by atoms with Crippen LogP contribution in [0.5, 0.6) is 0 Å². The first-order valence-electron chi connectivity index (χ1n) is 5.86. The fourth-order valence-corrected chi connectivity index (χ4v) is 1.39. The van der Waals surface area contributed by atoms with Crippen LogP contribution in [0.2, 0.25) is 0 Å². The van der Waals surface area contributed by atoms with Crippen molar-refractivity contribution in [3.05, 3.63) is 35.5 Å². The number of fused-ring (bicyclic) bond motifs is 1. The van der Waals surface area contributed by atoms with Crippen molar-refractivity contribution < 1.29 is 13.2 Å². The molecule has 0 saturated heterocycles. The van der Waals surface area contributed by atoms with Gasteiger partial charge in [-0.15, -0.1) is 0 Å². The number of aromatic nitrogens is 1. The monoisotopic (exact) mass is 257 g/mol. The molecule has 100 valence electrons. The highest BCUT2D eigenvalue weighted by Crippen LogP contribution is 2.31. The Labute approximate surface area is 105 Å². The van der Waals surface area contributed by atoms with Gasteiger partial charge in [-0.3, -0.25) is 0 Å². The Bertz CT molecular complexity index is 506. The van der Waals surface area contributed by atoms with Crippen molar-refractivity contribution in [2.45, 2.75) is 33.9 Å². The number of H-pyrrole nitrogens is 1. The SMILES string of the molecule is CC(C)C.Cc1ccc2cc(C(F)(F)F)[nH]c2c1. The molecule has 1 heterocycles. The summed E-state index contributed by atoms with van der Waals surface area (Å²) in [5, 5.41) is 0.586. The van der Waals surface area contributed by atoms with Crippen LogP contribution in [-0.4, -0.2) is 4.98 Å². The molecule has 0 atom stereocenters. The molecule has 0 fully saturated rings. The number of hydrogen-bond donors (Lipinski definition) is 1. The van der Waals surface area contributed by atoms with Gasteiger partial charge in [0, 0.05) is 10.9 Å². The number of rotatable bonds is 0. The van der Waals surface area contributed by atoms with Gasteiger partial charge in [0.2, 0.25) is 0 Å². The van der Waals surface area contributed by atoms with Crippen molar-refractivity contribution >= 4 is 10.9 Å². The summed E-state index contributed by atoms with van der Waals surface area (Å²) in [4.78, 5) is 2.35. The van der Waals surface area contributed by atoms with Gasteiger partial charge in [-0.05, 0) is 30.5 Å². The minimum atomic E-state index is -4.30. The van der Waals surface area contributed by atoms with Crippen molar-refractivity contribution in [2.24, 2.45) is 5.92 Å². The van der Waals surface area contributed by atoms with E-state index in [1.54, 1.807) is 18.2 Å². The number of hydrogen-bond acceptors (Lipinski definition) is 0. The average molecular weight is 257 g/mol. The summed E-state index contributed by atoms with van der Waals surface area (Å²) in [5.74, 6) is 0.833. The Morgan fingerprint density at radius 2 is 1.61 bits per heavy atom. The van der Waals surface area contributed by atoms with E-state index in [0.29, 0.717) is 10.9 Å². The van der Waals surface area contributed by atoms with Gasteiger partial charge in [-0.2, -0.15) is 13.2 Å². The first kappa shape index (κ1) is 14.6. The van der Waals surface area contributed by atoms with E-state index in [9.17, 15) is 13.2 Å². The molecule has 2 rings (SSSR count). The van der Waals surface area contributed by atoms with Crippen LogP contribution < -0.4 is 0 Å². The highest BCUT2D eigenvalue weighted by Gasteiger charge is 2.32. The Kier molecular flexibility index (Phi) is 4.43. The lowest BCUT2D eigenvalue weighted by Gasteiger charge is -2.00. The molecule has 0 aliphatic heterocycles. The molecule has 0 bridgehead atoms. The number of benzene rings is 1. The molecular weight excluding hydrogens is 239 g/mol. The topological polar surface area (TPSA) is 15.8 Å². The van der Waals surface area contributed by atoms with Crippen molar-refractivity contribution in [1.82, 2.24) is 4.98 Å². The summed E-state index contributed by atoms with van der Waals surface area (Å²) in [6.45, 7) is 8.34. The van der Waals surface area contributed by atoms with Crippen LogP contribution in [0.3, 0.4) is 0 Å². The van der Waals surface area contributed by atoms with Gasteiger partial charge >= 0.3 is 6.18 Å². The molecule has 18 heavy (non-hydrogen) atoms. The lowest BCUT2D eigenvalue weighted by Crippen LogP contribution is -2.04. The maximum absolute atomic E-state index is 12.3. The molecular formula is C14H18F3N. The van der Waals surface area contributed by atoms with E-state index < -0.39 is 11.9 Å². The highest BCUT2D eigenvalue weighted by molar-refractivity contribution is 5.81. The summed E-state index contributed by atoms with van der Waals surface area (Å²) >= 11 is 0. The zero-order valence-electron chi connectivity index (χ0n) is 11.0. The lowest BCUT2D eigenvalue weighted by atomic mass is 10.2. The largest absolute Gasteiger partial charge is 0.431 e. The van der Waals surface area contributed by atoms with E-state index in [1.165, 1.54) is 0 Å². The molecule has 2 aromatic rings. The van der Waals surface area contributed by atoms with Gasteiger partial charge in [0.05, 0.1) is 0 Å². The quantitative estimate of drug-likeness (QED) is 0.671. The minimum absolute atomic E-state index is 0.525. The zero-order valence-corrected chi connectivity index (χ0v) is 11.0. The van der Waals surface area contributed by atoms with Crippen LogP contribution in [0.25, 0.3) is 10.9 Å². The zero-order chi connectivity index (χ0) is 13.9. The predicted molar refractivity (Wildman–Crippen MR) is 68.5 cm³/mol. The van der Waals surface area contributed by atoms with Crippen LogP contribution in [0, 0.1) is 12.8 Å². The maximum Gasteiger partial charge on any atom is 0.431 e. The second-order valence-corrected chi connectivity index (χ2v) is 5.00. The predicted octanol–water partition coefficient (Wildman–Crippen LogP) is 5.16. The van der Waals surface area contributed by atoms with E-state index in [-0.39, 0.29) is 0 Å². The molecule has 0 unspecified atom stereocenters. The first-order valence-corrected chi connectivity index (χ1v) is 5.86. The summed E-state index contributed by atoms with van der Waals surface area (Å²) in [5.41, 5.74) is 0.767. The maximum atomic E-state index is 12.3. The van der Waals surface area contributed by atoms with Gasteiger partial charge in [0.15, 0.2) is 0 Å². The Balaban J connectivity index is 0.000000357. The van der Waals surface area contributed by atoms with E-state index in [0.717, 1.165) is 17.5 Å². The van der Waals surface area contributed by atoms with Crippen LogP contribution >= 0.6 is 0 Å². The van der Waals surface area contributed by atoms with Crippen LogP contribution in [-0.2, 0) is 6.18 Å². The Morgan fingerprint density at radius 3 is 2.11 bits per heavy atom. The molecule has 0 aliphatic rings. The smallest absolute Gasteiger partial charge is 0.351 e. The van der Waals surface area contributed by atoms with Gasteiger partial charge in [-0.25, -0.2) is 0 Å². The first-order chi connectivity index (χ1) is 8.20. The third-order valence-electron chi connectivity index (χ3n) is 2.08. The van der Waals surface area contributed by atoms with Crippen LogP contribution in [0.15, 0.2) is 24.3 Å². The van der Waals surface area contributed by atoms with E-state index in [1.807, 2.05) is 6.92 Å². The number of nitrogens with one attached hydrogen (secondary N) is 1.